The van der Waals surface area contributed by atoms with E-state index in [2.05, 4.69) is 103 Å². The van der Waals surface area contributed by atoms with E-state index in [0.29, 0.717) is 6.04 Å². The number of hydrogen-bond donors (Lipinski definition) is 0. The molecule has 3 aromatic carbocycles. The van der Waals surface area contributed by atoms with E-state index in [1.807, 2.05) is 0 Å². The van der Waals surface area contributed by atoms with Gasteiger partial charge in [-0.1, -0.05) is 78.4 Å². The van der Waals surface area contributed by atoms with Crippen molar-refractivity contribution in [2.45, 2.75) is 19.4 Å². The molecule has 1 aliphatic carbocycles. The van der Waals surface area contributed by atoms with Crippen molar-refractivity contribution in [1.82, 2.24) is 0 Å². The van der Waals surface area contributed by atoms with Gasteiger partial charge in [0, 0.05) is 16.8 Å². The van der Waals surface area contributed by atoms with Crippen molar-refractivity contribution in [3.63, 3.8) is 0 Å². The van der Waals surface area contributed by atoms with Crippen LogP contribution < -0.4 is 4.90 Å². The highest BCUT2D eigenvalue weighted by atomic mass is 15.2. The molecule has 0 radical (unpaired) electrons. The largest absolute Gasteiger partial charge is 0.334 e. The van der Waals surface area contributed by atoms with Crippen molar-refractivity contribution < 1.29 is 0 Å². The Hall–Kier alpha value is -2.80. The molecule has 0 bridgehead atoms. The van der Waals surface area contributed by atoms with Crippen molar-refractivity contribution in [3.05, 3.63) is 96.6 Å². The summed E-state index contributed by atoms with van der Waals surface area (Å²) in [5, 5.41) is 2.57. The molecule has 1 heteroatoms. The second kappa shape index (κ2) is 6.37. The van der Waals surface area contributed by atoms with Gasteiger partial charge in [0.1, 0.15) is 0 Å². The lowest BCUT2D eigenvalue weighted by Gasteiger charge is -2.33. The number of rotatable bonds is 3. The molecule has 1 aliphatic rings. The minimum atomic E-state index is 0.337. The van der Waals surface area contributed by atoms with Crippen LogP contribution in [0.3, 0.4) is 0 Å². The normalized spacial score (nSPS) is 16.5. The smallest absolute Gasteiger partial charge is 0.0560 e. The number of hydrogen-bond acceptors (Lipinski definition) is 1. The summed E-state index contributed by atoms with van der Waals surface area (Å²) < 4.78 is 0. The van der Waals surface area contributed by atoms with Gasteiger partial charge in [0.15, 0.2) is 0 Å². The van der Waals surface area contributed by atoms with E-state index in [9.17, 15) is 0 Å². The van der Waals surface area contributed by atoms with Crippen LogP contribution in [0.1, 0.15) is 12.0 Å². The van der Waals surface area contributed by atoms with Gasteiger partial charge >= 0.3 is 0 Å². The first-order valence-corrected chi connectivity index (χ1v) is 8.50. The lowest BCUT2D eigenvalue weighted by atomic mass is 10.0. The molecule has 0 saturated heterocycles. The zero-order valence-corrected chi connectivity index (χ0v) is 13.9. The predicted octanol–water partition coefficient (Wildman–Crippen LogP) is 6.17. The van der Waals surface area contributed by atoms with Crippen molar-refractivity contribution >= 4 is 22.1 Å². The van der Waals surface area contributed by atoms with Gasteiger partial charge in [0.25, 0.3) is 0 Å². The Morgan fingerprint density at radius 3 is 2.42 bits per heavy atom. The molecule has 3 aromatic rings. The van der Waals surface area contributed by atoms with E-state index in [0.717, 1.165) is 6.42 Å². The molecular formula is C23H21N. The number of aryl methyl sites for hydroxylation is 1. The molecule has 0 aliphatic heterocycles. The van der Waals surface area contributed by atoms with Crippen molar-refractivity contribution in [2.75, 3.05) is 4.90 Å². The fraction of sp³-hybridized carbons (Fsp3) is 0.130. The van der Waals surface area contributed by atoms with Gasteiger partial charge in [-0.05, 0) is 36.9 Å². The van der Waals surface area contributed by atoms with Crippen LogP contribution in [0.15, 0.2) is 91.0 Å². The molecule has 1 unspecified atom stereocenters. The summed E-state index contributed by atoms with van der Waals surface area (Å²) in [6.07, 6.45) is 9.85. The van der Waals surface area contributed by atoms with Crippen LogP contribution in [0, 0.1) is 6.92 Å². The topological polar surface area (TPSA) is 3.24 Å². The Morgan fingerprint density at radius 1 is 0.833 bits per heavy atom. The van der Waals surface area contributed by atoms with Gasteiger partial charge in [-0.2, -0.15) is 0 Å². The van der Waals surface area contributed by atoms with Crippen LogP contribution in [0.5, 0.6) is 0 Å². The second-order valence-corrected chi connectivity index (χ2v) is 6.32. The monoisotopic (exact) mass is 311 g/mol. The van der Waals surface area contributed by atoms with E-state index < -0.39 is 0 Å². The molecule has 0 amide bonds. The fourth-order valence-electron chi connectivity index (χ4n) is 3.39. The lowest BCUT2D eigenvalue weighted by molar-refractivity contribution is 0.787. The maximum atomic E-state index is 2.46. The maximum Gasteiger partial charge on any atom is 0.0560 e. The van der Waals surface area contributed by atoms with Crippen LogP contribution in [-0.4, -0.2) is 6.04 Å². The van der Waals surface area contributed by atoms with Crippen LogP contribution in [0.25, 0.3) is 10.8 Å². The van der Waals surface area contributed by atoms with E-state index in [1.54, 1.807) is 0 Å². The number of allylic oxidation sites excluding steroid dienone is 2. The molecule has 118 valence electrons. The summed E-state index contributed by atoms with van der Waals surface area (Å²) in [5.74, 6) is 0. The van der Waals surface area contributed by atoms with Gasteiger partial charge in [-0.3, -0.25) is 0 Å². The molecule has 0 aromatic heterocycles. The Bertz CT molecular complexity index is 897. The molecular weight excluding hydrogens is 290 g/mol. The van der Waals surface area contributed by atoms with Gasteiger partial charge in [-0.25, -0.2) is 0 Å². The highest BCUT2D eigenvalue weighted by Gasteiger charge is 2.20. The summed E-state index contributed by atoms with van der Waals surface area (Å²) in [5.41, 5.74) is 3.79. The van der Waals surface area contributed by atoms with Gasteiger partial charge in [0.05, 0.1) is 6.04 Å². The Balaban J connectivity index is 1.89. The first-order valence-electron chi connectivity index (χ1n) is 8.50. The standard InChI is InChI=1S/C23H21N/c1-18-14-16-21(17-15-18)24(20-10-3-2-4-11-20)23-13-7-9-19-8-5-6-12-22(19)23/h2-10,12-17,20H,11H2,1H3. The first kappa shape index (κ1) is 14.8. The van der Waals surface area contributed by atoms with Gasteiger partial charge in [-0.15, -0.1) is 0 Å². The van der Waals surface area contributed by atoms with Gasteiger partial charge in [0.2, 0.25) is 0 Å². The van der Waals surface area contributed by atoms with Crippen molar-refractivity contribution in [2.24, 2.45) is 0 Å². The number of benzene rings is 3. The molecule has 0 heterocycles. The number of anilines is 2. The zero-order chi connectivity index (χ0) is 16.4. The van der Waals surface area contributed by atoms with Crippen molar-refractivity contribution in [1.29, 1.82) is 0 Å². The van der Waals surface area contributed by atoms with E-state index in [-0.39, 0.29) is 0 Å². The zero-order valence-electron chi connectivity index (χ0n) is 13.9. The highest BCUT2D eigenvalue weighted by molar-refractivity contribution is 5.96. The second-order valence-electron chi connectivity index (χ2n) is 6.32. The van der Waals surface area contributed by atoms with Crippen LogP contribution in [0.2, 0.25) is 0 Å². The lowest BCUT2D eigenvalue weighted by Crippen LogP contribution is -2.29. The summed E-state index contributed by atoms with van der Waals surface area (Å²) in [7, 11) is 0. The minimum Gasteiger partial charge on any atom is -0.334 e. The van der Waals surface area contributed by atoms with Crippen molar-refractivity contribution in [3.8, 4) is 0 Å². The third-order valence-electron chi connectivity index (χ3n) is 4.63. The van der Waals surface area contributed by atoms with Crippen LogP contribution >= 0.6 is 0 Å². The number of fused-ring (bicyclic) bond motifs is 1. The molecule has 0 fully saturated rings. The predicted molar refractivity (Wildman–Crippen MR) is 104 cm³/mol. The molecule has 24 heavy (non-hydrogen) atoms. The van der Waals surface area contributed by atoms with Crippen LogP contribution in [0.4, 0.5) is 11.4 Å². The molecule has 1 atom stereocenters. The third kappa shape index (κ3) is 2.74. The fourth-order valence-corrected chi connectivity index (χ4v) is 3.39. The Morgan fingerprint density at radius 2 is 1.62 bits per heavy atom. The molecule has 0 spiro atoms. The average Bonchev–Trinajstić information content (AvgIpc) is 2.65. The minimum absolute atomic E-state index is 0.337. The first-order chi connectivity index (χ1) is 11.8. The summed E-state index contributed by atoms with van der Waals surface area (Å²) in [6.45, 7) is 2.13. The van der Waals surface area contributed by atoms with E-state index in [1.165, 1.54) is 27.7 Å². The van der Waals surface area contributed by atoms with Crippen LogP contribution in [-0.2, 0) is 0 Å². The third-order valence-corrected chi connectivity index (χ3v) is 4.63. The summed E-state index contributed by atoms with van der Waals surface area (Å²) in [6, 6.07) is 24.4. The maximum absolute atomic E-state index is 2.46. The van der Waals surface area contributed by atoms with E-state index >= 15 is 0 Å². The Labute approximate surface area is 143 Å². The molecule has 0 N–H and O–H groups in total. The molecule has 1 nitrogen and oxygen atoms in total. The average molecular weight is 311 g/mol. The van der Waals surface area contributed by atoms with E-state index in [4.69, 9.17) is 0 Å². The summed E-state index contributed by atoms with van der Waals surface area (Å²) in [4.78, 5) is 2.46. The van der Waals surface area contributed by atoms with Gasteiger partial charge < -0.3 is 4.90 Å². The quantitative estimate of drug-likeness (QED) is 0.559. The number of nitrogens with zero attached hydrogens (tertiary/aromatic N) is 1. The molecule has 4 rings (SSSR count). The molecule has 0 saturated carbocycles. The summed E-state index contributed by atoms with van der Waals surface area (Å²) >= 11 is 0. The SMILES string of the molecule is Cc1ccc(N(c2cccc3ccccc23)C2C=CC=CC2)cc1. The Kier molecular flexibility index (Phi) is 3.92. The highest BCUT2D eigenvalue weighted by Crippen LogP contribution is 2.36.